The zero-order chi connectivity index (χ0) is 8.43. The van der Waals surface area contributed by atoms with Crippen molar-refractivity contribution in [3.63, 3.8) is 0 Å². The van der Waals surface area contributed by atoms with Crippen molar-refractivity contribution in [2.75, 3.05) is 0 Å². The Morgan fingerprint density at radius 3 is 3.11 bits per heavy atom. The number of nitriles is 1. The van der Waals surface area contributed by atoms with Crippen molar-refractivity contribution in [2.45, 2.75) is 19.7 Å². The third kappa shape index (κ3) is 1.13. The Bertz CT molecular complexity index is 207. The molecule has 4 atom stereocenters. The molecule has 0 amide bonds. The maximum atomic E-state index is 8.58. The van der Waals surface area contributed by atoms with Crippen molar-refractivity contribution in [1.82, 2.24) is 0 Å². The first-order chi connectivity index (χ1) is 5.22. The quantitative estimate of drug-likeness (QED) is 0.490. The van der Waals surface area contributed by atoms with Gasteiger partial charge in [-0.3, -0.25) is 0 Å². The molecule has 1 aliphatic carbocycles. The van der Waals surface area contributed by atoms with Crippen molar-refractivity contribution in [3.05, 3.63) is 12.2 Å². The molecule has 0 aliphatic heterocycles. The summed E-state index contributed by atoms with van der Waals surface area (Å²) >= 11 is 0. The van der Waals surface area contributed by atoms with E-state index in [0.29, 0.717) is 0 Å². The van der Waals surface area contributed by atoms with Crippen LogP contribution >= 0.6 is 0 Å². The summed E-state index contributed by atoms with van der Waals surface area (Å²) in [6.45, 7) is 1.87. The van der Waals surface area contributed by atoms with E-state index in [1.807, 2.05) is 19.1 Å². The summed E-state index contributed by atoms with van der Waals surface area (Å²) in [5, 5.41) is 8.58. The first kappa shape index (κ1) is 4.11. The van der Waals surface area contributed by atoms with E-state index < -0.39 is 12.8 Å². The van der Waals surface area contributed by atoms with E-state index in [2.05, 4.69) is 6.07 Å². The fraction of sp³-hybridized carbons (Fsp3) is 0.625. The molecule has 0 N–H and O–H groups in total. The molecule has 1 aliphatic rings. The number of allylic oxidation sites excluding steroid dienone is 2. The van der Waals surface area contributed by atoms with E-state index in [-0.39, 0.29) is 11.8 Å². The lowest BCUT2D eigenvalue weighted by atomic mass is 9.74. The highest BCUT2D eigenvalue weighted by Crippen LogP contribution is 2.34. The van der Waals surface area contributed by atoms with Crippen LogP contribution in [0.2, 0.25) is 0 Å². The molecule has 9 heavy (non-hydrogen) atoms. The first-order valence-corrected chi connectivity index (χ1v) is 3.09. The molecular weight excluding hydrogens is 110 g/mol. The third-order valence-electron chi connectivity index (χ3n) is 1.52. The van der Waals surface area contributed by atoms with Crippen molar-refractivity contribution < 1.29 is 2.74 Å². The van der Waals surface area contributed by atoms with Crippen molar-refractivity contribution in [2.24, 2.45) is 11.8 Å². The fourth-order valence-corrected chi connectivity index (χ4v) is 0.886. The summed E-state index contributed by atoms with van der Waals surface area (Å²) in [5.41, 5.74) is 0. The van der Waals surface area contributed by atoms with Crippen LogP contribution in [0.1, 0.15) is 22.5 Å². The second-order valence-corrected chi connectivity index (χ2v) is 2.14. The summed E-state index contributed by atoms with van der Waals surface area (Å²) < 4.78 is 14.8. The molecule has 0 aromatic carbocycles. The number of rotatable bonds is 1. The molecule has 1 rings (SSSR count). The molecule has 0 bridgehead atoms. The predicted octanol–water partition coefficient (Wildman–Crippen LogP) is 2.11. The highest BCUT2D eigenvalue weighted by molar-refractivity contribution is 5.04. The van der Waals surface area contributed by atoms with Gasteiger partial charge in [0.25, 0.3) is 0 Å². The molecule has 1 saturated carbocycles. The third-order valence-corrected chi connectivity index (χ3v) is 1.52. The Balaban J connectivity index is 2.62. The Labute approximate surface area is 58.8 Å². The Kier molecular flexibility index (Phi) is 1.22. The van der Waals surface area contributed by atoms with E-state index in [1.165, 1.54) is 0 Å². The first-order valence-electron chi connectivity index (χ1n) is 4.24. The smallest absolute Gasteiger partial charge is 0.0661 e. The largest absolute Gasteiger partial charge is 0.198 e. The van der Waals surface area contributed by atoms with Gasteiger partial charge in [0.05, 0.1) is 12.0 Å². The Morgan fingerprint density at radius 2 is 2.56 bits per heavy atom. The van der Waals surface area contributed by atoms with Crippen LogP contribution in [0.15, 0.2) is 12.2 Å². The van der Waals surface area contributed by atoms with Gasteiger partial charge in [0, 0.05) is 2.74 Å². The molecule has 0 unspecified atom stereocenters. The molecule has 1 heteroatoms. The topological polar surface area (TPSA) is 23.8 Å². The molecule has 0 spiro atoms. The minimum atomic E-state index is -0.499. The Hall–Kier alpha value is -0.770. The summed E-state index contributed by atoms with van der Waals surface area (Å²) in [4.78, 5) is 0. The molecule has 0 aromatic rings. The van der Waals surface area contributed by atoms with Gasteiger partial charge in [0.15, 0.2) is 0 Å². The summed E-state index contributed by atoms with van der Waals surface area (Å²) in [7, 11) is 0. The van der Waals surface area contributed by atoms with Gasteiger partial charge in [-0.2, -0.15) is 5.26 Å². The van der Waals surface area contributed by atoms with Gasteiger partial charge in [0.2, 0.25) is 0 Å². The van der Waals surface area contributed by atoms with Crippen molar-refractivity contribution in [1.29, 1.82) is 5.26 Å². The maximum absolute atomic E-state index is 8.58. The van der Waals surface area contributed by atoms with Crippen LogP contribution in [0, 0.1) is 23.2 Å². The molecule has 0 radical (unpaired) electrons. The average Bonchev–Trinajstić information content (AvgIpc) is 2.04. The van der Waals surface area contributed by atoms with Crippen LogP contribution in [0.5, 0.6) is 0 Å². The van der Waals surface area contributed by atoms with Crippen LogP contribution in [0.25, 0.3) is 0 Å². The van der Waals surface area contributed by atoms with E-state index in [0.717, 1.165) is 0 Å². The maximum Gasteiger partial charge on any atom is 0.0661 e. The molecule has 0 aromatic heterocycles. The van der Waals surface area contributed by atoms with Gasteiger partial charge in [0.1, 0.15) is 0 Å². The van der Waals surface area contributed by atoms with E-state index in [1.54, 1.807) is 0 Å². The number of hydrogen-bond donors (Lipinski definition) is 0. The second kappa shape index (κ2) is 2.68. The van der Waals surface area contributed by atoms with Crippen LogP contribution in [-0.2, 0) is 0 Å². The van der Waals surface area contributed by atoms with Gasteiger partial charge in [-0.05, 0) is 25.6 Å². The van der Waals surface area contributed by atoms with Gasteiger partial charge in [-0.15, -0.1) is 0 Å². The normalized spacial score (nSPS) is 53.3. The minimum Gasteiger partial charge on any atom is -0.198 e. The van der Waals surface area contributed by atoms with Crippen LogP contribution in [0.4, 0.5) is 0 Å². The number of hydrogen-bond acceptors (Lipinski definition) is 1. The molecule has 48 valence electrons. The lowest BCUT2D eigenvalue weighted by Crippen LogP contribution is -2.21. The zero-order valence-electron chi connectivity index (χ0n) is 7.41. The monoisotopic (exact) mass is 123 g/mol. The van der Waals surface area contributed by atoms with Crippen molar-refractivity contribution >= 4 is 0 Å². The average molecular weight is 123 g/mol. The van der Waals surface area contributed by atoms with E-state index in [4.69, 9.17) is 8.00 Å². The zero-order valence-corrected chi connectivity index (χ0v) is 5.41. The predicted molar refractivity (Wildman–Crippen MR) is 36.6 cm³/mol. The molecule has 1 fully saturated rings. The SMILES string of the molecule is [2H][C@H]1[C@H]([2H])[C@H](/C=C/C)[C@@H]1C#N. The van der Waals surface area contributed by atoms with E-state index in [9.17, 15) is 0 Å². The summed E-state index contributed by atoms with van der Waals surface area (Å²) in [6.07, 6.45) is 2.82. The van der Waals surface area contributed by atoms with Gasteiger partial charge in [-0.25, -0.2) is 0 Å². The van der Waals surface area contributed by atoms with Gasteiger partial charge < -0.3 is 0 Å². The standard InChI is InChI=1S/C8H11N/c1-2-3-7-4-5-8(7)6-9/h2-3,7-8H,4-5H2,1H3/b3-2+/t7-,8-/m0/s1/i4D,5D/t4-,5-,7-,8-. The minimum absolute atomic E-state index is 0.00694. The highest BCUT2D eigenvalue weighted by atomic mass is 14.4. The lowest BCUT2D eigenvalue weighted by Gasteiger charge is -2.28. The van der Waals surface area contributed by atoms with Crippen LogP contribution in [-0.4, -0.2) is 0 Å². The van der Waals surface area contributed by atoms with Gasteiger partial charge >= 0.3 is 0 Å². The summed E-state index contributed by atoms with van der Waals surface area (Å²) in [5.74, 6) is -0.263. The second-order valence-electron chi connectivity index (χ2n) is 2.14. The van der Waals surface area contributed by atoms with Gasteiger partial charge in [-0.1, -0.05) is 12.2 Å². The summed E-state index contributed by atoms with van der Waals surface area (Å²) in [6, 6.07) is 2.06. The molecular formula is C8H11N. The van der Waals surface area contributed by atoms with Crippen molar-refractivity contribution in [3.8, 4) is 6.07 Å². The van der Waals surface area contributed by atoms with E-state index >= 15 is 0 Å². The Morgan fingerprint density at radius 1 is 1.78 bits per heavy atom. The fourth-order valence-electron chi connectivity index (χ4n) is 0.886. The molecule has 0 heterocycles. The lowest BCUT2D eigenvalue weighted by molar-refractivity contribution is 0.294. The molecule has 0 saturated heterocycles. The van der Waals surface area contributed by atoms with Crippen LogP contribution in [0.3, 0.4) is 0 Å². The van der Waals surface area contributed by atoms with Crippen LogP contribution < -0.4 is 0 Å². The highest BCUT2D eigenvalue weighted by Gasteiger charge is 2.27. The molecule has 1 nitrogen and oxygen atoms in total. The number of nitrogens with zero attached hydrogens (tertiary/aromatic N) is 1.